The Kier molecular flexibility index (Phi) is 12.6. The first-order chi connectivity index (χ1) is 23.6. The molecule has 3 aromatic carbocycles. The molecule has 0 bridgehead atoms. The summed E-state index contributed by atoms with van der Waals surface area (Å²) in [4.78, 5) is 15.2. The monoisotopic (exact) mass is 649 g/mol. The van der Waals surface area contributed by atoms with E-state index in [1.807, 2.05) is 40.7 Å². The van der Waals surface area contributed by atoms with E-state index in [1.165, 1.54) is 34.8 Å². The van der Waals surface area contributed by atoms with E-state index < -0.39 is 0 Å². The van der Waals surface area contributed by atoms with Crippen LogP contribution in [0.3, 0.4) is 0 Å². The van der Waals surface area contributed by atoms with Crippen LogP contribution in [-0.4, -0.2) is 21.7 Å². The maximum atomic E-state index is 5.08. The van der Waals surface area contributed by atoms with Crippen LogP contribution in [0.15, 0.2) is 109 Å². The van der Waals surface area contributed by atoms with Crippen molar-refractivity contribution in [3.63, 3.8) is 0 Å². The van der Waals surface area contributed by atoms with Crippen LogP contribution in [0.25, 0.3) is 45.3 Å². The zero-order valence-electron chi connectivity index (χ0n) is 31.7. The van der Waals surface area contributed by atoms with Gasteiger partial charge in [-0.05, 0) is 59.8 Å². The van der Waals surface area contributed by atoms with Gasteiger partial charge in [0.25, 0.3) is 0 Å². The van der Waals surface area contributed by atoms with Crippen molar-refractivity contribution in [2.45, 2.75) is 94.7 Å². The van der Waals surface area contributed by atoms with Gasteiger partial charge in [-0.2, -0.15) is 0 Å². The number of rotatable bonds is 7. The molecule has 0 N–H and O–H groups in total. The van der Waals surface area contributed by atoms with Crippen LogP contribution in [-0.2, 0) is 0 Å². The largest absolute Gasteiger partial charge is 0.208 e. The summed E-state index contributed by atoms with van der Waals surface area (Å²) in [6.07, 6.45) is 13.2. The first-order valence-electron chi connectivity index (χ1n) is 18.3. The molecule has 0 unspecified atom stereocenters. The Bertz CT molecular complexity index is 1810. The van der Waals surface area contributed by atoms with Crippen LogP contribution in [0.1, 0.15) is 93.2 Å². The van der Waals surface area contributed by atoms with Crippen molar-refractivity contribution >= 4 is 23.3 Å². The van der Waals surface area contributed by atoms with Crippen molar-refractivity contribution in [3.8, 4) is 34.2 Å². The summed E-state index contributed by atoms with van der Waals surface area (Å²) in [6, 6.07) is 26.0. The van der Waals surface area contributed by atoms with Crippen molar-refractivity contribution in [1.82, 2.24) is 15.0 Å². The van der Waals surface area contributed by atoms with Crippen LogP contribution in [0.5, 0.6) is 0 Å². The highest BCUT2D eigenvalue weighted by Crippen LogP contribution is 2.52. The Morgan fingerprint density at radius 1 is 0.714 bits per heavy atom. The van der Waals surface area contributed by atoms with Gasteiger partial charge < -0.3 is 0 Å². The highest BCUT2D eigenvalue weighted by molar-refractivity contribution is 6.74. The molecule has 0 atom stereocenters. The van der Waals surface area contributed by atoms with Gasteiger partial charge in [0, 0.05) is 16.7 Å². The molecule has 4 aromatic rings. The zero-order valence-corrected chi connectivity index (χ0v) is 31.7. The van der Waals surface area contributed by atoms with Gasteiger partial charge in [0.05, 0.1) is 0 Å². The fourth-order valence-corrected chi connectivity index (χ4v) is 6.87. The molecule has 0 amide bonds. The number of allylic oxidation sites excluding steroid dienone is 7. The van der Waals surface area contributed by atoms with Crippen molar-refractivity contribution in [1.29, 1.82) is 0 Å². The summed E-state index contributed by atoms with van der Waals surface area (Å²) in [5.41, 5.74) is 11.1. The normalized spacial score (nSPS) is 16.4. The summed E-state index contributed by atoms with van der Waals surface area (Å²) in [5, 5.41) is 0. The minimum Gasteiger partial charge on any atom is -0.208 e. The topological polar surface area (TPSA) is 38.7 Å². The van der Waals surface area contributed by atoms with Crippen molar-refractivity contribution in [3.05, 3.63) is 120 Å². The van der Waals surface area contributed by atoms with E-state index in [4.69, 9.17) is 15.0 Å². The van der Waals surface area contributed by atoms with Crippen LogP contribution < -0.4 is 5.46 Å². The van der Waals surface area contributed by atoms with E-state index in [2.05, 4.69) is 132 Å². The summed E-state index contributed by atoms with van der Waals surface area (Å²) < 4.78 is 0. The van der Waals surface area contributed by atoms with Crippen LogP contribution >= 0.6 is 0 Å². The molecule has 2 heterocycles. The highest BCUT2D eigenvalue weighted by Gasteiger charge is 2.48. The molecule has 1 aromatic heterocycles. The van der Waals surface area contributed by atoms with E-state index in [9.17, 15) is 0 Å². The molecule has 254 valence electrons. The maximum absolute atomic E-state index is 5.08. The minimum absolute atomic E-state index is 0.292. The van der Waals surface area contributed by atoms with Gasteiger partial charge in [-0.3, -0.25) is 0 Å². The average molecular weight is 650 g/mol. The summed E-state index contributed by atoms with van der Waals surface area (Å²) >= 11 is 0. The molecular weight excluding hydrogens is 593 g/mol. The first-order valence-corrected chi connectivity index (χ1v) is 18.3. The van der Waals surface area contributed by atoms with Gasteiger partial charge in [-0.25, -0.2) is 15.0 Å². The SMILES string of the molecule is C=C/C(=C\C)c1ccc(-c2nc(-c3ccc(C4=CCCC(C)=C4)cc3)nc(-c3cccc(B4CC(C)(C)C(C)(C)C4)c3)n2)cc1.CC.CC. The standard InChI is InChI=1S/C41H44BN3.2C2H6/c1-8-29(9-2)30-16-20-32(21-17-30)37-43-38(33-22-18-31(19-23-33)34-13-10-12-28(3)24-34)45-39(44-37)35-14-11-15-36(25-35)42-26-40(4,5)41(6,7)27-42;2*1-2/h8-9,11,13-25H,1,10,12,26-27H2,2-7H3;2*1-2H3/b29-9+;;. The van der Waals surface area contributed by atoms with Crippen molar-refractivity contribution < 1.29 is 0 Å². The van der Waals surface area contributed by atoms with Gasteiger partial charge in [0.2, 0.25) is 0 Å². The fraction of sp³-hybridized carbons (Fsp3) is 0.356. The Hall–Kier alpha value is -4.31. The maximum Gasteiger partial charge on any atom is 0.177 e. The van der Waals surface area contributed by atoms with Gasteiger partial charge in [-0.15, -0.1) is 0 Å². The predicted octanol–water partition coefficient (Wildman–Crippen LogP) is 12.4. The summed E-state index contributed by atoms with van der Waals surface area (Å²) in [7, 11) is 0. The number of aromatic nitrogens is 3. The average Bonchev–Trinajstić information content (AvgIpc) is 3.36. The van der Waals surface area contributed by atoms with E-state index >= 15 is 0 Å². The Balaban J connectivity index is 0.00000130. The van der Waals surface area contributed by atoms with E-state index in [0.29, 0.717) is 35.0 Å². The number of hydrogen-bond donors (Lipinski definition) is 0. The lowest BCUT2D eigenvalue weighted by molar-refractivity contribution is 0.177. The van der Waals surface area contributed by atoms with Gasteiger partial charge in [0.15, 0.2) is 24.2 Å². The molecule has 49 heavy (non-hydrogen) atoms. The van der Waals surface area contributed by atoms with Gasteiger partial charge >= 0.3 is 0 Å². The molecule has 0 spiro atoms. The van der Waals surface area contributed by atoms with Gasteiger partial charge in [0.1, 0.15) is 0 Å². The lowest BCUT2D eigenvalue weighted by Gasteiger charge is -2.35. The molecule has 0 saturated carbocycles. The van der Waals surface area contributed by atoms with E-state index in [1.54, 1.807) is 0 Å². The second-order valence-corrected chi connectivity index (χ2v) is 14.1. The third-order valence-corrected chi connectivity index (χ3v) is 10.4. The number of benzene rings is 3. The molecule has 4 heteroatoms. The zero-order chi connectivity index (χ0) is 35.8. The third kappa shape index (κ3) is 8.47. The molecule has 0 radical (unpaired) electrons. The summed E-state index contributed by atoms with van der Waals surface area (Å²) in [5.74, 6) is 2.06. The molecule has 2 aliphatic rings. The van der Waals surface area contributed by atoms with E-state index in [0.717, 1.165) is 40.7 Å². The fourth-order valence-electron chi connectivity index (χ4n) is 6.87. The molecule has 1 aliphatic carbocycles. The lowest BCUT2D eigenvalue weighted by atomic mass is 9.42. The van der Waals surface area contributed by atoms with Crippen molar-refractivity contribution in [2.24, 2.45) is 10.8 Å². The van der Waals surface area contributed by atoms with Crippen LogP contribution in [0, 0.1) is 10.8 Å². The van der Waals surface area contributed by atoms with Crippen LogP contribution in [0.4, 0.5) is 0 Å². The van der Waals surface area contributed by atoms with Gasteiger partial charge in [-0.1, -0.05) is 183 Å². The van der Waals surface area contributed by atoms with Crippen molar-refractivity contribution in [2.75, 3.05) is 0 Å². The lowest BCUT2D eigenvalue weighted by Crippen LogP contribution is -2.27. The molecule has 1 fully saturated rings. The molecule has 3 nitrogen and oxygen atoms in total. The predicted molar refractivity (Wildman–Crippen MR) is 216 cm³/mol. The Morgan fingerprint density at radius 3 is 1.73 bits per heavy atom. The Morgan fingerprint density at radius 2 is 1.22 bits per heavy atom. The Labute approximate surface area is 297 Å². The van der Waals surface area contributed by atoms with Crippen LogP contribution in [0.2, 0.25) is 12.6 Å². The smallest absolute Gasteiger partial charge is 0.177 e. The second-order valence-electron chi connectivity index (χ2n) is 14.1. The molecule has 6 rings (SSSR count). The minimum atomic E-state index is 0.292. The second kappa shape index (κ2) is 16.4. The summed E-state index contributed by atoms with van der Waals surface area (Å²) in [6.45, 7) is 26.4. The molecule has 1 saturated heterocycles. The quantitative estimate of drug-likeness (QED) is 0.148. The number of hydrogen-bond acceptors (Lipinski definition) is 3. The molecule has 1 aliphatic heterocycles. The molecular formula is C45H56BN3. The number of nitrogens with zero attached hydrogens (tertiary/aromatic N) is 3. The third-order valence-electron chi connectivity index (χ3n) is 10.4. The highest BCUT2D eigenvalue weighted by atomic mass is 15.0. The van der Waals surface area contributed by atoms with E-state index in [-0.39, 0.29) is 0 Å². The first kappa shape index (κ1) is 37.5.